The Hall–Kier alpha value is -0.930. The average Bonchev–Trinajstić information content (AvgIpc) is 2.23. The average molecular weight is 191 g/mol. The van der Waals surface area contributed by atoms with Crippen LogP contribution in [0.25, 0.3) is 0 Å². The van der Waals surface area contributed by atoms with Gasteiger partial charge in [0.1, 0.15) is 0 Å². The predicted octanol–water partition coefficient (Wildman–Crippen LogP) is 0.795. The maximum absolute atomic E-state index is 4.41. The van der Waals surface area contributed by atoms with E-state index in [1.165, 1.54) is 11.3 Å². The third kappa shape index (κ3) is 2.30. The summed E-state index contributed by atoms with van der Waals surface area (Å²) < 4.78 is 0. The Morgan fingerprint density at radius 1 is 1.43 bits per heavy atom. The van der Waals surface area contributed by atoms with Gasteiger partial charge in [-0.25, -0.2) is 0 Å². The first kappa shape index (κ1) is 9.62. The van der Waals surface area contributed by atoms with Gasteiger partial charge in [0.05, 0.1) is 5.69 Å². The Kier molecular flexibility index (Phi) is 3.11. The highest BCUT2D eigenvalue weighted by Crippen LogP contribution is 2.07. The zero-order valence-corrected chi connectivity index (χ0v) is 8.66. The third-order valence-electron chi connectivity index (χ3n) is 2.70. The summed E-state index contributed by atoms with van der Waals surface area (Å²) in [4.78, 5) is 6.86. The van der Waals surface area contributed by atoms with Gasteiger partial charge in [0, 0.05) is 38.9 Å². The Morgan fingerprint density at radius 2 is 2.21 bits per heavy atom. The number of nitrogens with zero attached hydrogens (tertiary/aromatic N) is 2. The van der Waals surface area contributed by atoms with Crippen LogP contribution in [-0.4, -0.2) is 36.1 Å². The van der Waals surface area contributed by atoms with E-state index < -0.39 is 0 Å². The van der Waals surface area contributed by atoms with E-state index in [0.29, 0.717) is 0 Å². The zero-order chi connectivity index (χ0) is 9.80. The molecule has 0 bridgehead atoms. The van der Waals surface area contributed by atoms with Gasteiger partial charge in [-0.1, -0.05) is 6.07 Å². The Balaban J connectivity index is 1.99. The minimum atomic E-state index is 0.994. The molecule has 1 N–H and O–H groups in total. The van der Waals surface area contributed by atoms with Gasteiger partial charge in [-0.2, -0.15) is 0 Å². The van der Waals surface area contributed by atoms with E-state index in [1.54, 1.807) is 0 Å². The van der Waals surface area contributed by atoms with Crippen LogP contribution < -0.4 is 5.32 Å². The normalized spacial score (nSPS) is 18.4. The van der Waals surface area contributed by atoms with Gasteiger partial charge in [0.2, 0.25) is 0 Å². The number of hydrogen-bond donors (Lipinski definition) is 1. The van der Waals surface area contributed by atoms with Crippen LogP contribution in [0, 0.1) is 6.92 Å². The van der Waals surface area contributed by atoms with Crippen molar-refractivity contribution in [3.05, 3.63) is 29.6 Å². The van der Waals surface area contributed by atoms with E-state index in [0.717, 1.165) is 32.7 Å². The molecule has 0 saturated carbocycles. The lowest BCUT2D eigenvalue weighted by Crippen LogP contribution is -2.43. The smallest absolute Gasteiger partial charge is 0.0573 e. The molecular weight excluding hydrogens is 174 g/mol. The molecule has 14 heavy (non-hydrogen) atoms. The Bertz CT molecular complexity index is 292. The van der Waals surface area contributed by atoms with E-state index in [4.69, 9.17) is 0 Å². The van der Waals surface area contributed by atoms with E-state index in [9.17, 15) is 0 Å². The predicted molar refractivity (Wildman–Crippen MR) is 57.1 cm³/mol. The summed E-state index contributed by atoms with van der Waals surface area (Å²) in [6.45, 7) is 7.60. The summed E-state index contributed by atoms with van der Waals surface area (Å²) in [5.74, 6) is 0. The quantitative estimate of drug-likeness (QED) is 0.749. The molecule has 1 aliphatic rings. The summed E-state index contributed by atoms with van der Waals surface area (Å²) in [5, 5.41) is 3.35. The molecule has 0 aromatic carbocycles. The van der Waals surface area contributed by atoms with Crippen LogP contribution in [0.15, 0.2) is 18.3 Å². The van der Waals surface area contributed by atoms with Gasteiger partial charge in [-0.3, -0.25) is 9.88 Å². The zero-order valence-electron chi connectivity index (χ0n) is 8.66. The van der Waals surface area contributed by atoms with Gasteiger partial charge in [-0.15, -0.1) is 0 Å². The van der Waals surface area contributed by atoms with Crippen LogP contribution >= 0.6 is 0 Å². The Labute approximate surface area is 85.1 Å². The van der Waals surface area contributed by atoms with Gasteiger partial charge < -0.3 is 5.32 Å². The number of aromatic nitrogens is 1. The number of pyridine rings is 1. The molecule has 0 unspecified atom stereocenters. The molecule has 1 saturated heterocycles. The fourth-order valence-corrected chi connectivity index (χ4v) is 1.76. The standard InChI is InChI=1S/C11H17N3/c1-10-3-2-4-13-11(10)9-14-7-5-12-6-8-14/h2-4,12H,5-9H2,1H3. The molecule has 1 aromatic heterocycles. The van der Waals surface area contributed by atoms with E-state index in [-0.39, 0.29) is 0 Å². The number of rotatable bonds is 2. The number of piperazine rings is 1. The van der Waals surface area contributed by atoms with Crippen LogP contribution in [0.2, 0.25) is 0 Å². The summed E-state index contributed by atoms with van der Waals surface area (Å²) in [6, 6.07) is 4.13. The molecule has 3 heteroatoms. The van der Waals surface area contributed by atoms with Crippen molar-refractivity contribution in [2.75, 3.05) is 26.2 Å². The van der Waals surface area contributed by atoms with Crippen molar-refractivity contribution in [1.29, 1.82) is 0 Å². The first-order valence-corrected chi connectivity index (χ1v) is 5.20. The molecule has 76 valence electrons. The summed E-state index contributed by atoms with van der Waals surface area (Å²) in [5.41, 5.74) is 2.51. The summed E-state index contributed by atoms with van der Waals surface area (Å²) in [7, 11) is 0. The van der Waals surface area contributed by atoms with Crippen LogP contribution in [0.1, 0.15) is 11.3 Å². The molecule has 0 atom stereocenters. The Morgan fingerprint density at radius 3 is 2.93 bits per heavy atom. The van der Waals surface area contributed by atoms with E-state index in [2.05, 4.69) is 28.2 Å². The summed E-state index contributed by atoms with van der Waals surface area (Å²) in [6.07, 6.45) is 1.88. The van der Waals surface area contributed by atoms with Gasteiger partial charge in [0.25, 0.3) is 0 Å². The molecule has 1 aromatic rings. The van der Waals surface area contributed by atoms with Gasteiger partial charge in [-0.05, 0) is 18.6 Å². The second kappa shape index (κ2) is 4.53. The first-order chi connectivity index (χ1) is 6.86. The van der Waals surface area contributed by atoms with Crippen molar-refractivity contribution >= 4 is 0 Å². The third-order valence-corrected chi connectivity index (χ3v) is 2.70. The highest BCUT2D eigenvalue weighted by molar-refractivity contribution is 5.17. The minimum absolute atomic E-state index is 0.994. The van der Waals surface area contributed by atoms with Crippen LogP contribution in [-0.2, 0) is 6.54 Å². The molecule has 3 nitrogen and oxygen atoms in total. The second-order valence-electron chi connectivity index (χ2n) is 3.79. The highest BCUT2D eigenvalue weighted by Gasteiger charge is 2.11. The highest BCUT2D eigenvalue weighted by atomic mass is 15.2. The molecule has 0 amide bonds. The van der Waals surface area contributed by atoms with Crippen LogP contribution in [0.3, 0.4) is 0 Å². The lowest BCUT2D eigenvalue weighted by molar-refractivity contribution is 0.230. The number of aryl methyl sites for hydroxylation is 1. The first-order valence-electron chi connectivity index (χ1n) is 5.20. The SMILES string of the molecule is Cc1cccnc1CN1CCNCC1. The minimum Gasteiger partial charge on any atom is -0.314 e. The van der Waals surface area contributed by atoms with Gasteiger partial charge >= 0.3 is 0 Å². The molecule has 1 aliphatic heterocycles. The molecule has 2 heterocycles. The van der Waals surface area contributed by atoms with Crippen molar-refractivity contribution in [3.8, 4) is 0 Å². The van der Waals surface area contributed by atoms with Crippen molar-refractivity contribution in [1.82, 2.24) is 15.2 Å². The molecule has 1 fully saturated rings. The molecular formula is C11H17N3. The van der Waals surface area contributed by atoms with E-state index >= 15 is 0 Å². The molecule has 0 radical (unpaired) electrons. The molecule has 0 spiro atoms. The van der Waals surface area contributed by atoms with Crippen molar-refractivity contribution in [2.24, 2.45) is 0 Å². The fraction of sp³-hybridized carbons (Fsp3) is 0.545. The van der Waals surface area contributed by atoms with Gasteiger partial charge in [0.15, 0.2) is 0 Å². The van der Waals surface area contributed by atoms with Crippen LogP contribution in [0.4, 0.5) is 0 Å². The lowest BCUT2D eigenvalue weighted by atomic mass is 10.2. The van der Waals surface area contributed by atoms with Crippen molar-refractivity contribution in [3.63, 3.8) is 0 Å². The number of nitrogens with one attached hydrogen (secondary N) is 1. The van der Waals surface area contributed by atoms with E-state index in [1.807, 2.05) is 12.3 Å². The van der Waals surface area contributed by atoms with Crippen molar-refractivity contribution in [2.45, 2.75) is 13.5 Å². The topological polar surface area (TPSA) is 28.2 Å². The summed E-state index contributed by atoms with van der Waals surface area (Å²) >= 11 is 0. The monoisotopic (exact) mass is 191 g/mol. The largest absolute Gasteiger partial charge is 0.314 e. The maximum Gasteiger partial charge on any atom is 0.0573 e. The molecule has 0 aliphatic carbocycles. The van der Waals surface area contributed by atoms with Crippen molar-refractivity contribution < 1.29 is 0 Å². The lowest BCUT2D eigenvalue weighted by Gasteiger charge is -2.27. The van der Waals surface area contributed by atoms with Crippen LogP contribution in [0.5, 0.6) is 0 Å². The number of hydrogen-bond acceptors (Lipinski definition) is 3. The fourth-order valence-electron chi connectivity index (χ4n) is 1.76. The second-order valence-corrected chi connectivity index (χ2v) is 3.79. The molecule has 2 rings (SSSR count). The maximum atomic E-state index is 4.41.